The van der Waals surface area contributed by atoms with Crippen molar-refractivity contribution >= 4 is 0 Å². The van der Waals surface area contributed by atoms with Crippen molar-refractivity contribution in [3.8, 4) is 0 Å². The molecule has 19 heavy (non-hydrogen) atoms. The van der Waals surface area contributed by atoms with Gasteiger partial charge in [-0.2, -0.15) is 10.2 Å². The van der Waals surface area contributed by atoms with Gasteiger partial charge in [-0.15, -0.1) is 0 Å². The van der Waals surface area contributed by atoms with Gasteiger partial charge in [0.05, 0.1) is 11.4 Å². The molecular weight excluding hydrogens is 234 g/mol. The van der Waals surface area contributed by atoms with Crippen molar-refractivity contribution in [3.63, 3.8) is 0 Å². The summed E-state index contributed by atoms with van der Waals surface area (Å²) in [5, 5.41) is 12.1. The topological polar surface area (TPSA) is 37.8 Å². The van der Waals surface area contributed by atoms with Crippen molar-refractivity contribution in [2.24, 2.45) is 11.8 Å². The molecule has 3 heteroatoms. The smallest absolute Gasteiger partial charge is 0.0676 e. The van der Waals surface area contributed by atoms with Crippen LogP contribution in [-0.4, -0.2) is 17.2 Å². The van der Waals surface area contributed by atoms with Gasteiger partial charge < -0.3 is 5.32 Å². The molecule has 0 bridgehead atoms. The van der Waals surface area contributed by atoms with Gasteiger partial charge in [-0.3, -0.25) is 0 Å². The summed E-state index contributed by atoms with van der Waals surface area (Å²) >= 11 is 0. The van der Waals surface area contributed by atoms with Gasteiger partial charge in [-0.25, -0.2) is 0 Å². The maximum Gasteiger partial charge on any atom is 0.0676 e. The number of nitrogens with one attached hydrogen (secondary N) is 1. The van der Waals surface area contributed by atoms with Crippen molar-refractivity contribution in [1.82, 2.24) is 15.5 Å². The van der Waals surface area contributed by atoms with Crippen molar-refractivity contribution in [1.29, 1.82) is 0 Å². The van der Waals surface area contributed by atoms with Crippen LogP contribution in [0, 0.1) is 18.8 Å². The third-order valence-electron chi connectivity index (χ3n) is 4.54. The van der Waals surface area contributed by atoms with E-state index in [2.05, 4.69) is 42.5 Å². The van der Waals surface area contributed by atoms with Crippen LogP contribution in [0.4, 0.5) is 0 Å². The number of aryl methyl sites for hydroxylation is 2. The molecule has 0 radical (unpaired) electrons. The molecule has 1 heterocycles. The Morgan fingerprint density at radius 1 is 1.26 bits per heavy atom. The van der Waals surface area contributed by atoms with E-state index < -0.39 is 0 Å². The molecule has 106 valence electrons. The maximum absolute atomic E-state index is 4.39. The van der Waals surface area contributed by atoms with Crippen LogP contribution in [-0.2, 0) is 6.42 Å². The van der Waals surface area contributed by atoms with E-state index >= 15 is 0 Å². The lowest BCUT2D eigenvalue weighted by atomic mass is 9.77. The van der Waals surface area contributed by atoms with Gasteiger partial charge in [0.15, 0.2) is 0 Å². The van der Waals surface area contributed by atoms with Crippen molar-refractivity contribution in [2.45, 2.75) is 58.9 Å². The normalized spacial score (nSPS) is 25.3. The SMILES string of the molecule is CCc1nnc(C)cc1C(NC)C1CCC(C)CC1. The van der Waals surface area contributed by atoms with E-state index in [1.165, 1.54) is 31.2 Å². The first kappa shape index (κ1) is 14.4. The molecule has 0 aromatic carbocycles. The second-order valence-corrected chi connectivity index (χ2v) is 6.03. The summed E-state index contributed by atoms with van der Waals surface area (Å²) < 4.78 is 0. The Hall–Kier alpha value is -0.960. The van der Waals surface area contributed by atoms with Gasteiger partial charge in [0, 0.05) is 6.04 Å². The van der Waals surface area contributed by atoms with E-state index in [0.717, 1.165) is 29.6 Å². The number of hydrogen-bond acceptors (Lipinski definition) is 3. The zero-order valence-electron chi connectivity index (χ0n) is 12.7. The first-order chi connectivity index (χ1) is 9.15. The molecule has 0 amide bonds. The van der Waals surface area contributed by atoms with Crippen LogP contribution < -0.4 is 5.32 Å². The van der Waals surface area contributed by atoms with E-state index in [4.69, 9.17) is 0 Å². The minimum atomic E-state index is 0.441. The Morgan fingerprint density at radius 3 is 2.53 bits per heavy atom. The lowest BCUT2D eigenvalue weighted by Crippen LogP contribution is -2.29. The first-order valence-corrected chi connectivity index (χ1v) is 7.66. The van der Waals surface area contributed by atoms with Crippen LogP contribution in [0.15, 0.2) is 6.07 Å². The van der Waals surface area contributed by atoms with Gasteiger partial charge >= 0.3 is 0 Å². The summed E-state index contributed by atoms with van der Waals surface area (Å²) in [7, 11) is 2.08. The summed E-state index contributed by atoms with van der Waals surface area (Å²) in [4.78, 5) is 0. The Bertz CT molecular complexity index is 408. The predicted molar refractivity (Wildman–Crippen MR) is 79.1 cm³/mol. The van der Waals surface area contributed by atoms with Crippen molar-refractivity contribution in [2.75, 3.05) is 7.05 Å². The van der Waals surface area contributed by atoms with Gasteiger partial charge in [0.1, 0.15) is 0 Å². The molecule has 0 aliphatic heterocycles. The Labute approximate surface area is 117 Å². The van der Waals surface area contributed by atoms with Gasteiger partial charge in [-0.1, -0.05) is 26.7 Å². The maximum atomic E-state index is 4.39. The summed E-state index contributed by atoms with van der Waals surface area (Å²) in [5.74, 6) is 1.65. The second-order valence-electron chi connectivity index (χ2n) is 6.03. The third-order valence-corrected chi connectivity index (χ3v) is 4.54. The average Bonchev–Trinajstić information content (AvgIpc) is 2.42. The first-order valence-electron chi connectivity index (χ1n) is 7.66. The molecule has 1 aliphatic rings. The number of nitrogens with zero attached hydrogens (tertiary/aromatic N) is 2. The lowest BCUT2D eigenvalue weighted by Gasteiger charge is -2.33. The van der Waals surface area contributed by atoms with Gasteiger partial charge in [0.2, 0.25) is 0 Å². The van der Waals surface area contributed by atoms with Crippen LogP contribution in [0.2, 0.25) is 0 Å². The highest BCUT2D eigenvalue weighted by molar-refractivity contribution is 5.25. The molecule has 1 aliphatic carbocycles. The molecule has 1 N–H and O–H groups in total. The highest BCUT2D eigenvalue weighted by atomic mass is 15.1. The summed E-state index contributed by atoms with van der Waals surface area (Å²) in [6.45, 7) is 6.57. The Balaban J connectivity index is 2.23. The van der Waals surface area contributed by atoms with Crippen LogP contribution in [0.25, 0.3) is 0 Å². The number of hydrogen-bond donors (Lipinski definition) is 1. The standard InChI is InChI=1S/C16H27N3/c1-5-15-14(10-12(3)18-19-15)16(17-4)13-8-6-11(2)7-9-13/h10-11,13,16-17H,5-9H2,1-4H3. The van der Waals surface area contributed by atoms with Gasteiger partial charge in [0.25, 0.3) is 0 Å². The average molecular weight is 261 g/mol. The molecule has 2 rings (SSSR count). The molecule has 0 saturated heterocycles. The minimum Gasteiger partial charge on any atom is -0.313 e. The van der Waals surface area contributed by atoms with Gasteiger partial charge in [-0.05, 0) is 56.7 Å². The molecule has 1 fully saturated rings. The zero-order valence-corrected chi connectivity index (χ0v) is 12.7. The van der Waals surface area contributed by atoms with E-state index in [1.807, 2.05) is 6.92 Å². The fraction of sp³-hybridized carbons (Fsp3) is 0.750. The third kappa shape index (κ3) is 3.33. The Kier molecular flexibility index (Phi) is 4.92. The number of aromatic nitrogens is 2. The lowest BCUT2D eigenvalue weighted by molar-refractivity contribution is 0.237. The molecule has 3 nitrogen and oxygen atoms in total. The van der Waals surface area contributed by atoms with E-state index in [0.29, 0.717) is 6.04 Å². The highest BCUT2D eigenvalue weighted by Crippen LogP contribution is 2.37. The van der Waals surface area contributed by atoms with Crippen molar-refractivity contribution in [3.05, 3.63) is 23.0 Å². The van der Waals surface area contributed by atoms with E-state index in [-0.39, 0.29) is 0 Å². The largest absolute Gasteiger partial charge is 0.313 e. The molecular formula is C16H27N3. The summed E-state index contributed by atoms with van der Waals surface area (Å²) in [6, 6.07) is 2.67. The zero-order chi connectivity index (χ0) is 13.8. The van der Waals surface area contributed by atoms with Crippen molar-refractivity contribution < 1.29 is 0 Å². The monoisotopic (exact) mass is 261 g/mol. The van der Waals surface area contributed by atoms with Crippen LogP contribution in [0.3, 0.4) is 0 Å². The highest BCUT2D eigenvalue weighted by Gasteiger charge is 2.28. The number of rotatable bonds is 4. The molecule has 0 spiro atoms. The Morgan fingerprint density at radius 2 is 1.95 bits per heavy atom. The minimum absolute atomic E-state index is 0.441. The van der Waals surface area contributed by atoms with Crippen LogP contribution in [0.1, 0.15) is 62.5 Å². The second kappa shape index (κ2) is 6.47. The van der Waals surface area contributed by atoms with E-state index in [9.17, 15) is 0 Å². The fourth-order valence-electron chi connectivity index (χ4n) is 3.34. The summed E-state index contributed by atoms with van der Waals surface area (Å²) in [5.41, 5.74) is 3.55. The summed E-state index contributed by atoms with van der Waals surface area (Å²) in [6.07, 6.45) is 6.35. The molecule has 1 unspecified atom stereocenters. The van der Waals surface area contributed by atoms with E-state index in [1.54, 1.807) is 0 Å². The fourth-order valence-corrected chi connectivity index (χ4v) is 3.34. The molecule has 1 aromatic heterocycles. The van der Waals surface area contributed by atoms with Crippen LogP contribution >= 0.6 is 0 Å². The quantitative estimate of drug-likeness (QED) is 0.902. The molecule has 1 saturated carbocycles. The predicted octanol–water partition coefficient (Wildman–Crippen LogP) is 3.43. The van der Waals surface area contributed by atoms with Crippen LogP contribution in [0.5, 0.6) is 0 Å². The molecule has 1 atom stereocenters. The molecule has 1 aromatic rings.